The molecular formula is C22H20FN3O2. The summed E-state index contributed by atoms with van der Waals surface area (Å²) in [7, 11) is 0. The molecule has 6 heteroatoms. The van der Waals surface area contributed by atoms with Crippen LogP contribution in [0, 0.1) is 5.82 Å². The molecular weight excluding hydrogens is 357 g/mol. The van der Waals surface area contributed by atoms with Crippen LogP contribution in [0.2, 0.25) is 0 Å². The van der Waals surface area contributed by atoms with Gasteiger partial charge in [-0.1, -0.05) is 25.0 Å². The van der Waals surface area contributed by atoms with Crippen molar-refractivity contribution in [3.8, 4) is 22.9 Å². The highest BCUT2D eigenvalue weighted by Crippen LogP contribution is 2.23. The molecule has 4 rings (SSSR count). The molecule has 1 aliphatic carbocycles. The van der Waals surface area contributed by atoms with Crippen molar-refractivity contribution < 1.29 is 13.9 Å². The number of ether oxygens (including phenoxy) is 1. The molecule has 0 saturated heterocycles. The number of aromatic nitrogens is 2. The third-order valence-corrected chi connectivity index (χ3v) is 4.81. The predicted molar refractivity (Wildman–Crippen MR) is 104 cm³/mol. The Hall–Kier alpha value is -3.28. The molecule has 0 atom stereocenters. The molecule has 142 valence electrons. The van der Waals surface area contributed by atoms with Gasteiger partial charge in [0.1, 0.15) is 11.6 Å². The number of rotatable bonds is 5. The Balaban J connectivity index is 1.41. The second kappa shape index (κ2) is 8.17. The van der Waals surface area contributed by atoms with E-state index in [1.165, 1.54) is 37.1 Å². The molecule has 1 saturated carbocycles. The zero-order chi connectivity index (χ0) is 19.3. The van der Waals surface area contributed by atoms with Crippen LogP contribution < -0.4 is 10.1 Å². The number of amides is 1. The SMILES string of the molecule is O=C(NC1CCCC1)c1ccc(-c2ccc(Oc3ccc(F)cc3)nn2)cc1. The number of hydrogen-bond donors (Lipinski definition) is 1. The molecule has 0 spiro atoms. The first-order chi connectivity index (χ1) is 13.7. The van der Waals surface area contributed by atoms with E-state index in [0.29, 0.717) is 28.9 Å². The summed E-state index contributed by atoms with van der Waals surface area (Å²) in [6.45, 7) is 0. The average molecular weight is 377 g/mol. The molecule has 1 fully saturated rings. The minimum Gasteiger partial charge on any atom is -0.438 e. The zero-order valence-electron chi connectivity index (χ0n) is 15.3. The predicted octanol–water partition coefficient (Wildman–Crippen LogP) is 4.75. The molecule has 0 bridgehead atoms. The van der Waals surface area contributed by atoms with Gasteiger partial charge >= 0.3 is 0 Å². The first kappa shape index (κ1) is 18.1. The second-order valence-corrected chi connectivity index (χ2v) is 6.84. The highest BCUT2D eigenvalue weighted by Gasteiger charge is 2.17. The lowest BCUT2D eigenvalue weighted by molar-refractivity contribution is 0.0938. The molecule has 1 N–H and O–H groups in total. The van der Waals surface area contributed by atoms with Crippen LogP contribution in [0.3, 0.4) is 0 Å². The summed E-state index contributed by atoms with van der Waals surface area (Å²) in [6, 6.07) is 16.8. The van der Waals surface area contributed by atoms with Crippen LogP contribution in [0.4, 0.5) is 4.39 Å². The lowest BCUT2D eigenvalue weighted by atomic mass is 10.1. The fraction of sp³-hybridized carbons (Fsp3) is 0.227. The van der Waals surface area contributed by atoms with Crippen LogP contribution in [0.5, 0.6) is 11.6 Å². The van der Waals surface area contributed by atoms with Crippen LogP contribution >= 0.6 is 0 Å². The number of halogens is 1. The van der Waals surface area contributed by atoms with Gasteiger partial charge in [0.15, 0.2) is 0 Å². The van der Waals surface area contributed by atoms with Gasteiger partial charge in [0.05, 0.1) is 5.69 Å². The standard InChI is InChI=1S/C22H20FN3O2/c23-17-9-11-19(12-10-17)28-21-14-13-20(25-26-21)15-5-7-16(8-6-15)22(27)24-18-3-1-2-4-18/h5-14,18H,1-4H2,(H,24,27). The Morgan fingerprint density at radius 2 is 1.64 bits per heavy atom. The van der Waals surface area contributed by atoms with Crippen molar-refractivity contribution in [2.45, 2.75) is 31.7 Å². The summed E-state index contributed by atoms with van der Waals surface area (Å²) < 4.78 is 18.5. The maximum absolute atomic E-state index is 12.9. The number of carbonyl (C=O) groups is 1. The highest BCUT2D eigenvalue weighted by atomic mass is 19.1. The number of nitrogens with zero attached hydrogens (tertiary/aromatic N) is 2. The molecule has 1 heterocycles. The largest absolute Gasteiger partial charge is 0.438 e. The van der Waals surface area contributed by atoms with E-state index in [1.807, 2.05) is 12.1 Å². The lowest BCUT2D eigenvalue weighted by Gasteiger charge is -2.12. The van der Waals surface area contributed by atoms with E-state index in [0.717, 1.165) is 18.4 Å². The van der Waals surface area contributed by atoms with Gasteiger partial charge in [-0.15, -0.1) is 10.2 Å². The fourth-order valence-corrected chi connectivity index (χ4v) is 3.28. The van der Waals surface area contributed by atoms with Crippen molar-refractivity contribution in [2.24, 2.45) is 0 Å². The van der Waals surface area contributed by atoms with E-state index < -0.39 is 0 Å². The van der Waals surface area contributed by atoms with Crippen LogP contribution in [-0.2, 0) is 0 Å². The van der Waals surface area contributed by atoms with Crippen LogP contribution in [-0.4, -0.2) is 22.1 Å². The summed E-state index contributed by atoms with van der Waals surface area (Å²) in [6.07, 6.45) is 4.49. The Kier molecular flexibility index (Phi) is 5.28. The Morgan fingerprint density at radius 1 is 0.929 bits per heavy atom. The van der Waals surface area contributed by atoms with Crippen molar-refractivity contribution in [3.05, 3.63) is 72.0 Å². The first-order valence-corrected chi connectivity index (χ1v) is 9.36. The summed E-state index contributed by atoms with van der Waals surface area (Å²) in [5.74, 6) is 0.450. The van der Waals surface area contributed by atoms with Gasteiger partial charge in [-0.2, -0.15) is 0 Å². The molecule has 2 aromatic carbocycles. The van der Waals surface area contributed by atoms with Crippen molar-refractivity contribution in [1.82, 2.24) is 15.5 Å². The Bertz CT molecular complexity index is 935. The quantitative estimate of drug-likeness (QED) is 0.697. The third kappa shape index (κ3) is 4.34. The van der Waals surface area contributed by atoms with Gasteiger partial charge in [0.2, 0.25) is 5.88 Å². The molecule has 3 aromatic rings. The minimum atomic E-state index is -0.325. The van der Waals surface area contributed by atoms with E-state index in [2.05, 4.69) is 15.5 Å². The van der Waals surface area contributed by atoms with Gasteiger partial charge < -0.3 is 10.1 Å². The minimum absolute atomic E-state index is 0.0346. The maximum Gasteiger partial charge on any atom is 0.251 e. The van der Waals surface area contributed by atoms with Gasteiger partial charge in [-0.3, -0.25) is 4.79 Å². The molecule has 1 aliphatic rings. The van der Waals surface area contributed by atoms with E-state index in [1.54, 1.807) is 24.3 Å². The molecule has 28 heavy (non-hydrogen) atoms. The van der Waals surface area contributed by atoms with Crippen molar-refractivity contribution in [3.63, 3.8) is 0 Å². The topological polar surface area (TPSA) is 64.1 Å². The molecule has 1 aromatic heterocycles. The molecule has 0 unspecified atom stereocenters. The van der Waals surface area contributed by atoms with Gasteiger partial charge in [0.25, 0.3) is 5.91 Å². The molecule has 1 amide bonds. The van der Waals surface area contributed by atoms with Crippen LogP contribution in [0.15, 0.2) is 60.7 Å². The van der Waals surface area contributed by atoms with Crippen molar-refractivity contribution in [1.29, 1.82) is 0 Å². The number of benzene rings is 2. The molecule has 0 radical (unpaired) electrons. The van der Waals surface area contributed by atoms with Crippen molar-refractivity contribution >= 4 is 5.91 Å². The van der Waals surface area contributed by atoms with Crippen LogP contribution in [0.25, 0.3) is 11.3 Å². The maximum atomic E-state index is 12.9. The summed E-state index contributed by atoms with van der Waals surface area (Å²) in [4.78, 5) is 12.3. The van der Waals surface area contributed by atoms with Gasteiger partial charge in [0, 0.05) is 23.2 Å². The fourth-order valence-electron chi connectivity index (χ4n) is 3.28. The lowest BCUT2D eigenvalue weighted by Crippen LogP contribution is -2.32. The van der Waals surface area contributed by atoms with Crippen LogP contribution in [0.1, 0.15) is 36.0 Å². The molecule has 0 aliphatic heterocycles. The van der Waals surface area contributed by atoms with Crippen molar-refractivity contribution in [2.75, 3.05) is 0 Å². The monoisotopic (exact) mass is 377 g/mol. The van der Waals surface area contributed by atoms with E-state index in [-0.39, 0.29) is 11.7 Å². The summed E-state index contributed by atoms with van der Waals surface area (Å²) in [5.41, 5.74) is 2.17. The van der Waals surface area contributed by atoms with E-state index in [9.17, 15) is 9.18 Å². The van der Waals surface area contributed by atoms with Gasteiger partial charge in [-0.25, -0.2) is 4.39 Å². The average Bonchev–Trinajstić information content (AvgIpc) is 3.23. The number of nitrogens with one attached hydrogen (secondary N) is 1. The second-order valence-electron chi connectivity index (χ2n) is 6.84. The van der Waals surface area contributed by atoms with E-state index >= 15 is 0 Å². The number of carbonyl (C=O) groups excluding carboxylic acids is 1. The first-order valence-electron chi connectivity index (χ1n) is 9.36. The smallest absolute Gasteiger partial charge is 0.251 e. The zero-order valence-corrected chi connectivity index (χ0v) is 15.3. The van der Waals surface area contributed by atoms with E-state index in [4.69, 9.17) is 4.74 Å². The Labute approximate surface area is 162 Å². The summed E-state index contributed by atoms with van der Waals surface area (Å²) >= 11 is 0. The highest BCUT2D eigenvalue weighted by molar-refractivity contribution is 5.94. The third-order valence-electron chi connectivity index (χ3n) is 4.81. The number of hydrogen-bond acceptors (Lipinski definition) is 4. The normalized spacial score (nSPS) is 14.0. The Morgan fingerprint density at radius 3 is 2.29 bits per heavy atom. The summed E-state index contributed by atoms with van der Waals surface area (Å²) in [5, 5.41) is 11.3. The molecule has 5 nitrogen and oxygen atoms in total. The van der Waals surface area contributed by atoms with Gasteiger partial charge in [-0.05, 0) is 55.3 Å².